The highest BCUT2D eigenvalue weighted by Gasteiger charge is 2.19. The van der Waals surface area contributed by atoms with Crippen molar-refractivity contribution in [2.45, 2.75) is 0 Å². The molecule has 0 aliphatic rings. The van der Waals surface area contributed by atoms with Crippen molar-refractivity contribution in [3.8, 4) is 78.7 Å². The van der Waals surface area contributed by atoms with Crippen LogP contribution in [0.5, 0.6) is 0 Å². The molecule has 2 aromatic heterocycles. The lowest BCUT2D eigenvalue weighted by Gasteiger charge is -2.13. The Labute approximate surface area is 364 Å². The van der Waals surface area contributed by atoms with E-state index in [0.717, 1.165) is 88.2 Å². The van der Waals surface area contributed by atoms with Crippen molar-refractivity contribution in [3.63, 3.8) is 0 Å². The highest BCUT2D eigenvalue weighted by molar-refractivity contribution is 6.17. The summed E-state index contributed by atoms with van der Waals surface area (Å²) < 4.78 is 6.53. The maximum absolute atomic E-state index is 6.53. The second kappa shape index (κ2) is 15.2. The number of fused-ring (bicyclic) bond motifs is 5. The van der Waals surface area contributed by atoms with Crippen LogP contribution in [0, 0.1) is 0 Å². The first kappa shape index (κ1) is 36.4. The fraction of sp³-hybridized carbons (Fsp3) is 0. The Morgan fingerprint density at radius 1 is 0.254 bits per heavy atom. The van der Waals surface area contributed by atoms with Gasteiger partial charge in [-0.25, -0.2) is 15.0 Å². The van der Waals surface area contributed by atoms with Gasteiger partial charge in [-0.15, -0.1) is 0 Å². The number of aromatic nitrogens is 3. The van der Waals surface area contributed by atoms with E-state index in [1.807, 2.05) is 6.07 Å². The molecule has 0 N–H and O–H groups in total. The lowest BCUT2D eigenvalue weighted by atomic mass is 9.92. The standard InChI is InChI=1S/C59H37N3O/c1-3-13-38(14-4-1)41-27-29-42(30-28-41)45-33-34-54-53(37-45)56-51(24-12-26-55(56)63-54)49-22-10-23-50-48(49)21-11-25-52(50)59-61-57(46-20-9-19-44(35-46)39-15-5-2-6-16-39)60-58(62-59)47-32-31-40-17-7-8-18-43(40)36-47/h1-37H. The number of rotatable bonds is 7. The van der Waals surface area contributed by atoms with Crippen LogP contribution in [0.3, 0.4) is 0 Å². The predicted octanol–water partition coefficient (Wildman–Crippen LogP) is 15.7. The van der Waals surface area contributed by atoms with E-state index in [1.165, 1.54) is 16.5 Å². The van der Waals surface area contributed by atoms with Gasteiger partial charge in [0.2, 0.25) is 0 Å². The van der Waals surface area contributed by atoms with Gasteiger partial charge in [-0.1, -0.05) is 194 Å². The Bertz CT molecular complexity index is 3670. The minimum absolute atomic E-state index is 0.617. The summed E-state index contributed by atoms with van der Waals surface area (Å²) in [5.74, 6) is 1.86. The van der Waals surface area contributed by atoms with Gasteiger partial charge in [0.1, 0.15) is 11.2 Å². The molecule has 0 fully saturated rings. The molecule has 0 saturated carbocycles. The zero-order valence-corrected chi connectivity index (χ0v) is 34.1. The van der Waals surface area contributed by atoms with Gasteiger partial charge in [-0.3, -0.25) is 0 Å². The summed E-state index contributed by atoms with van der Waals surface area (Å²) in [6.07, 6.45) is 0. The molecule has 0 aliphatic heterocycles. The van der Waals surface area contributed by atoms with Crippen molar-refractivity contribution >= 4 is 43.5 Å². The summed E-state index contributed by atoms with van der Waals surface area (Å²) in [7, 11) is 0. The van der Waals surface area contributed by atoms with Crippen LogP contribution in [-0.2, 0) is 0 Å². The number of hydrogen-bond donors (Lipinski definition) is 0. The van der Waals surface area contributed by atoms with Crippen molar-refractivity contribution in [3.05, 3.63) is 224 Å². The SMILES string of the molecule is c1ccc(-c2ccc(-c3ccc4oc5cccc(-c6cccc7c(-c8nc(-c9cccc(-c%10ccccc%10)c9)nc(-c9ccc%10ccccc%10c9)n8)cccc67)c5c4c3)cc2)cc1. The van der Waals surface area contributed by atoms with Gasteiger partial charge >= 0.3 is 0 Å². The van der Waals surface area contributed by atoms with E-state index in [4.69, 9.17) is 19.4 Å². The zero-order chi connectivity index (χ0) is 41.7. The van der Waals surface area contributed by atoms with Crippen LogP contribution in [0.1, 0.15) is 0 Å². The van der Waals surface area contributed by atoms with E-state index in [0.29, 0.717) is 17.5 Å². The van der Waals surface area contributed by atoms with E-state index in [1.54, 1.807) is 0 Å². The van der Waals surface area contributed by atoms with Crippen molar-refractivity contribution in [1.29, 1.82) is 0 Å². The van der Waals surface area contributed by atoms with Gasteiger partial charge in [0.25, 0.3) is 0 Å². The maximum Gasteiger partial charge on any atom is 0.164 e. The van der Waals surface area contributed by atoms with Crippen molar-refractivity contribution in [2.75, 3.05) is 0 Å². The van der Waals surface area contributed by atoms with Gasteiger partial charge < -0.3 is 4.42 Å². The van der Waals surface area contributed by atoms with Crippen LogP contribution in [0.4, 0.5) is 0 Å². The average Bonchev–Trinajstić information content (AvgIpc) is 3.75. The first-order valence-corrected chi connectivity index (χ1v) is 21.2. The minimum atomic E-state index is 0.617. The van der Waals surface area contributed by atoms with Crippen molar-refractivity contribution in [2.24, 2.45) is 0 Å². The summed E-state index contributed by atoms with van der Waals surface area (Å²) in [5.41, 5.74) is 13.7. The number of benzene rings is 10. The van der Waals surface area contributed by atoms with Gasteiger partial charge in [-0.2, -0.15) is 0 Å². The molecule has 294 valence electrons. The van der Waals surface area contributed by atoms with E-state index >= 15 is 0 Å². The van der Waals surface area contributed by atoms with Gasteiger partial charge in [-0.05, 0) is 96.4 Å². The molecule has 0 atom stereocenters. The predicted molar refractivity (Wildman–Crippen MR) is 260 cm³/mol. The molecule has 12 rings (SSSR count). The largest absolute Gasteiger partial charge is 0.456 e. The van der Waals surface area contributed by atoms with Crippen LogP contribution >= 0.6 is 0 Å². The third kappa shape index (κ3) is 6.62. The normalized spacial score (nSPS) is 11.5. The Morgan fingerprint density at radius 3 is 1.51 bits per heavy atom. The lowest BCUT2D eigenvalue weighted by molar-refractivity contribution is 0.669. The highest BCUT2D eigenvalue weighted by atomic mass is 16.3. The third-order valence-corrected chi connectivity index (χ3v) is 12.1. The van der Waals surface area contributed by atoms with Crippen LogP contribution in [0.2, 0.25) is 0 Å². The molecular weight excluding hydrogens is 767 g/mol. The van der Waals surface area contributed by atoms with Crippen LogP contribution in [0.25, 0.3) is 122 Å². The van der Waals surface area contributed by atoms with Crippen molar-refractivity contribution < 1.29 is 4.42 Å². The summed E-state index contributed by atoms with van der Waals surface area (Å²) in [6, 6.07) is 78.8. The van der Waals surface area contributed by atoms with E-state index in [2.05, 4.69) is 218 Å². The van der Waals surface area contributed by atoms with E-state index < -0.39 is 0 Å². The first-order chi connectivity index (χ1) is 31.2. The lowest BCUT2D eigenvalue weighted by Crippen LogP contribution is -2.01. The molecule has 2 heterocycles. The first-order valence-electron chi connectivity index (χ1n) is 21.2. The number of nitrogens with zero attached hydrogens (tertiary/aromatic N) is 3. The molecule has 0 bridgehead atoms. The Kier molecular flexibility index (Phi) is 8.79. The minimum Gasteiger partial charge on any atom is -0.456 e. The highest BCUT2D eigenvalue weighted by Crippen LogP contribution is 2.42. The molecule has 0 unspecified atom stereocenters. The zero-order valence-electron chi connectivity index (χ0n) is 34.1. The smallest absolute Gasteiger partial charge is 0.164 e. The second-order valence-electron chi connectivity index (χ2n) is 16.0. The topological polar surface area (TPSA) is 51.8 Å². The van der Waals surface area contributed by atoms with E-state index in [-0.39, 0.29) is 0 Å². The van der Waals surface area contributed by atoms with Gasteiger partial charge in [0, 0.05) is 27.5 Å². The molecular formula is C59H37N3O. The molecule has 0 radical (unpaired) electrons. The number of hydrogen-bond acceptors (Lipinski definition) is 4. The summed E-state index contributed by atoms with van der Waals surface area (Å²) >= 11 is 0. The second-order valence-corrected chi connectivity index (χ2v) is 16.0. The molecule has 0 spiro atoms. The van der Waals surface area contributed by atoms with Gasteiger partial charge in [0.05, 0.1) is 0 Å². The van der Waals surface area contributed by atoms with Crippen molar-refractivity contribution in [1.82, 2.24) is 15.0 Å². The monoisotopic (exact) mass is 803 g/mol. The van der Waals surface area contributed by atoms with Gasteiger partial charge in [0.15, 0.2) is 17.5 Å². The molecule has 0 amide bonds. The Morgan fingerprint density at radius 2 is 0.746 bits per heavy atom. The summed E-state index contributed by atoms with van der Waals surface area (Å²) in [6.45, 7) is 0. The third-order valence-electron chi connectivity index (χ3n) is 12.1. The van der Waals surface area contributed by atoms with E-state index in [9.17, 15) is 0 Å². The van der Waals surface area contributed by atoms with Crippen LogP contribution < -0.4 is 0 Å². The summed E-state index contributed by atoms with van der Waals surface area (Å²) in [4.78, 5) is 15.7. The van der Waals surface area contributed by atoms with Crippen LogP contribution in [-0.4, -0.2) is 15.0 Å². The molecule has 0 aliphatic carbocycles. The fourth-order valence-electron chi connectivity index (χ4n) is 9.01. The number of furan rings is 1. The fourth-order valence-corrected chi connectivity index (χ4v) is 9.01. The van der Waals surface area contributed by atoms with Crippen LogP contribution in [0.15, 0.2) is 229 Å². The Hall–Kier alpha value is -8.47. The molecule has 10 aromatic carbocycles. The molecule has 4 nitrogen and oxygen atoms in total. The maximum atomic E-state index is 6.53. The molecule has 4 heteroatoms. The quantitative estimate of drug-likeness (QED) is 0.161. The molecule has 12 aromatic rings. The molecule has 0 saturated heterocycles. The Balaban J connectivity index is 1.00. The molecule has 63 heavy (non-hydrogen) atoms. The average molecular weight is 804 g/mol. The summed E-state index contributed by atoms with van der Waals surface area (Å²) in [5, 5.41) is 6.63.